The molecule has 2 rings (SSSR count). The predicted molar refractivity (Wildman–Crippen MR) is 122 cm³/mol. The second kappa shape index (κ2) is 11.0. The van der Waals surface area contributed by atoms with Gasteiger partial charge in [0.1, 0.15) is 5.75 Å². The van der Waals surface area contributed by atoms with Crippen molar-refractivity contribution in [1.82, 2.24) is 10.6 Å². The van der Waals surface area contributed by atoms with Gasteiger partial charge in [0.05, 0.1) is 12.2 Å². The fraction of sp³-hybridized carbons (Fsp3) is 0.300. The third-order valence-electron chi connectivity index (χ3n) is 3.82. The molecule has 0 aliphatic heterocycles. The SMILES string of the molecule is CC(C)CCOc1ccc(Br)cc1C(=O)NC(=S)NCc1ccc(Cl)cc1Cl. The summed E-state index contributed by atoms with van der Waals surface area (Å²) in [5.74, 6) is 0.689. The van der Waals surface area contributed by atoms with E-state index in [9.17, 15) is 4.79 Å². The van der Waals surface area contributed by atoms with E-state index in [2.05, 4.69) is 40.4 Å². The molecule has 28 heavy (non-hydrogen) atoms. The predicted octanol–water partition coefficient (Wildman–Crippen LogP) is 5.99. The van der Waals surface area contributed by atoms with Gasteiger partial charge in [0.2, 0.25) is 0 Å². The number of rotatable bonds is 7. The normalized spacial score (nSPS) is 10.6. The summed E-state index contributed by atoms with van der Waals surface area (Å²) in [5, 5.41) is 6.93. The first-order chi connectivity index (χ1) is 13.3. The molecule has 2 N–H and O–H groups in total. The Kier molecular flexibility index (Phi) is 9.02. The van der Waals surface area contributed by atoms with Crippen LogP contribution in [0, 0.1) is 5.92 Å². The van der Waals surface area contributed by atoms with Crippen LogP contribution in [0.1, 0.15) is 36.2 Å². The second-order valence-electron chi connectivity index (χ2n) is 6.54. The highest BCUT2D eigenvalue weighted by Crippen LogP contribution is 2.24. The lowest BCUT2D eigenvalue weighted by atomic mass is 10.1. The molecule has 0 atom stereocenters. The van der Waals surface area contributed by atoms with Crippen LogP contribution in [0.3, 0.4) is 0 Å². The summed E-state index contributed by atoms with van der Waals surface area (Å²) in [7, 11) is 0. The van der Waals surface area contributed by atoms with Crippen LogP contribution in [-0.2, 0) is 6.54 Å². The Morgan fingerprint density at radius 2 is 1.96 bits per heavy atom. The molecule has 0 aromatic heterocycles. The lowest BCUT2D eigenvalue weighted by Gasteiger charge is -2.14. The first-order valence-corrected chi connectivity index (χ1v) is 10.7. The van der Waals surface area contributed by atoms with E-state index >= 15 is 0 Å². The van der Waals surface area contributed by atoms with Gasteiger partial charge in [-0.05, 0) is 60.5 Å². The van der Waals surface area contributed by atoms with Gasteiger partial charge in [0, 0.05) is 21.1 Å². The average molecular weight is 504 g/mol. The van der Waals surface area contributed by atoms with Gasteiger partial charge >= 0.3 is 0 Å². The lowest BCUT2D eigenvalue weighted by molar-refractivity contribution is 0.0972. The van der Waals surface area contributed by atoms with Crippen LogP contribution in [-0.4, -0.2) is 17.6 Å². The van der Waals surface area contributed by atoms with Crippen molar-refractivity contribution in [2.75, 3.05) is 6.61 Å². The van der Waals surface area contributed by atoms with Crippen LogP contribution < -0.4 is 15.4 Å². The average Bonchev–Trinajstić information content (AvgIpc) is 2.61. The molecule has 2 aromatic rings. The molecular formula is C20H21BrCl2N2O2S. The number of carbonyl (C=O) groups is 1. The molecule has 0 aliphatic carbocycles. The van der Waals surface area contributed by atoms with Gasteiger partial charge in [-0.15, -0.1) is 0 Å². The van der Waals surface area contributed by atoms with Gasteiger partial charge in [-0.1, -0.05) is 59.0 Å². The molecule has 0 spiro atoms. The summed E-state index contributed by atoms with van der Waals surface area (Å²) in [6.45, 7) is 5.15. The van der Waals surface area contributed by atoms with Crippen LogP contribution >= 0.6 is 51.3 Å². The van der Waals surface area contributed by atoms with E-state index in [0.717, 1.165) is 16.5 Å². The highest BCUT2D eigenvalue weighted by molar-refractivity contribution is 9.10. The van der Waals surface area contributed by atoms with Gasteiger partial charge in [0.25, 0.3) is 5.91 Å². The Labute approximate surface area is 189 Å². The van der Waals surface area contributed by atoms with E-state index in [-0.39, 0.29) is 11.0 Å². The topological polar surface area (TPSA) is 50.4 Å². The Hall–Kier alpha value is -1.34. The van der Waals surface area contributed by atoms with Crippen molar-refractivity contribution in [1.29, 1.82) is 0 Å². The monoisotopic (exact) mass is 502 g/mol. The Morgan fingerprint density at radius 3 is 2.64 bits per heavy atom. The first-order valence-electron chi connectivity index (χ1n) is 8.71. The molecule has 2 aromatic carbocycles. The molecule has 0 radical (unpaired) electrons. The second-order valence-corrected chi connectivity index (χ2v) is 8.71. The van der Waals surface area contributed by atoms with E-state index in [1.807, 2.05) is 6.07 Å². The number of ether oxygens (including phenoxy) is 1. The van der Waals surface area contributed by atoms with E-state index in [4.69, 9.17) is 40.2 Å². The minimum absolute atomic E-state index is 0.198. The maximum absolute atomic E-state index is 12.7. The highest BCUT2D eigenvalue weighted by Gasteiger charge is 2.15. The number of halogens is 3. The molecule has 0 fully saturated rings. The maximum Gasteiger partial charge on any atom is 0.261 e. The summed E-state index contributed by atoms with van der Waals surface area (Å²) < 4.78 is 6.57. The molecule has 0 bridgehead atoms. The zero-order valence-electron chi connectivity index (χ0n) is 15.5. The van der Waals surface area contributed by atoms with Crippen LogP contribution in [0.25, 0.3) is 0 Å². The Balaban J connectivity index is 1.99. The Bertz CT molecular complexity index is 862. The smallest absolute Gasteiger partial charge is 0.261 e. The largest absolute Gasteiger partial charge is 0.493 e. The van der Waals surface area contributed by atoms with Crippen molar-refractivity contribution >= 4 is 62.4 Å². The molecule has 8 heteroatoms. The third kappa shape index (κ3) is 7.24. The van der Waals surface area contributed by atoms with E-state index < -0.39 is 0 Å². The van der Waals surface area contributed by atoms with E-state index in [1.165, 1.54) is 0 Å². The summed E-state index contributed by atoms with van der Waals surface area (Å²) in [5.41, 5.74) is 1.23. The van der Waals surface area contributed by atoms with E-state index in [1.54, 1.807) is 30.3 Å². The number of hydrogen-bond donors (Lipinski definition) is 2. The van der Waals surface area contributed by atoms with Crippen LogP contribution in [0.2, 0.25) is 10.0 Å². The van der Waals surface area contributed by atoms with Crippen LogP contribution in [0.15, 0.2) is 40.9 Å². The third-order valence-corrected chi connectivity index (χ3v) is 5.15. The number of nitrogens with one attached hydrogen (secondary N) is 2. The van der Waals surface area contributed by atoms with Gasteiger partial charge in [-0.2, -0.15) is 0 Å². The summed E-state index contributed by atoms with van der Waals surface area (Å²) in [4.78, 5) is 12.7. The number of benzene rings is 2. The minimum atomic E-state index is -0.347. The molecule has 0 unspecified atom stereocenters. The molecule has 0 aliphatic rings. The van der Waals surface area contributed by atoms with Crippen LogP contribution in [0.4, 0.5) is 0 Å². The first kappa shape index (κ1) is 22.9. The zero-order chi connectivity index (χ0) is 20.7. The van der Waals surface area contributed by atoms with Gasteiger partial charge in [0.15, 0.2) is 5.11 Å². The summed E-state index contributed by atoms with van der Waals surface area (Å²) >= 11 is 20.7. The fourth-order valence-corrected chi connectivity index (χ4v) is 3.27. The van der Waals surface area contributed by atoms with Crippen LogP contribution in [0.5, 0.6) is 5.75 Å². The molecule has 1 amide bonds. The number of carbonyl (C=O) groups excluding carboxylic acids is 1. The molecule has 0 saturated carbocycles. The summed E-state index contributed by atoms with van der Waals surface area (Å²) in [6, 6.07) is 10.5. The van der Waals surface area contributed by atoms with Gasteiger partial charge in [-0.25, -0.2) is 0 Å². The highest BCUT2D eigenvalue weighted by atomic mass is 79.9. The molecule has 0 saturated heterocycles. The van der Waals surface area contributed by atoms with Crippen molar-refractivity contribution in [3.8, 4) is 5.75 Å². The number of amides is 1. The van der Waals surface area contributed by atoms with Gasteiger partial charge in [-0.3, -0.25) is 10.1 Å². The van der Waals surface area contributed by atoms with Crippen molar-refractivity contribution in [3.63, 3.8) is 0 Å². The van der Waals surface area contributed by atoms with E-state index in [0.29, 0.717) is 40.4 Å². The van der Waals surface area contributed by atoms with Crippen molar-refractivity contribution in [2.24, 2.45) is 5.92 Å². The minimum Gasteiger partial charge on any atom is -0.493 e. The Morgan fingerprint density at radius 1 is 1.21 bits per heavy atom. The van der Waals surface area contributed by atoms with Crippen molar-refractivity contribution in [2.45, 2.75) is 26.8 Å². The van der Waals surface area contributed by atoms with Crippen molar-refractivity contribution in [3.05, 3.63) is 62.0 Å². The van der Waals surface area contributed by atoms with Crippen molar-refractivity contribution < 1.29 is 9.53 Å². The summed E-state index contributed by atoms with van der Waals surface area (Å²) in [6.07, 6.45) is 0.902. The maximum atomic E-state index is 12.7. The standard InChI is InChI=1S/C20H21BrCl2N2O2S/c1-12(2)7-8-27-18-6-4-14(21)9-16(18)19(26)25-20(28)24-11-13-3-5-15(22)10-17(13)23/h3-6,9-10,12H,7-8,11H2,1-2H3,(H2,24,25,26,28). The lowest BCUT2D eigenvalue weighted by Crippen LogP contribution is -2.39. The number of thiocarbonyl (C=S) groups is 1. The van der Waals surface area contributed by atoms with Gasteiger partial charge < -0.3 is 10.1 Å². The molecule has 0 heterocycles. The molecule has 4 nitrogen and oxygen atoms in total. The quantitative estimate of drug-likeness (QED) is 0.456. The fourth-order valence-electron chi connectivity index (χ4n) is 2.27. The zero-order valence-corrected chi connectivity index (χ0v) is 19.4. The molecular weight excluding hydrogens is 483 g/mol. The molecule has 150 valence electrons. The number of hydrogen-bond acceptors (Lipinski definition) is 3.